The zero-order valence-corrected chi connectivity index (χ0v) is 14.5. The molecule has 0 aliphatic heterocycles. The first kappa shape index (κ1) is 19.4. The highest BCUT2D eigenvalue weighted by molar-refractivity contribution is 7.13. The molecule has 2 rings (SSSR count). The van der Waals surface area contributed by atoms with Crippen molar-refractivity contribution in [2.45, 2.75) is 45.4 Å². The lowest BCUT2D eigenvalue weighted by atomic mass is 10.1. The summed E-state index contributed by atoms with van der Waals surface area (Å²) in [5, 5.41) is 2.34. The maximum atomic E-state index is 12.6. The van der Waals surface area contributed by atoms with Crippen LogP contribution in [0.25, 0.3) is 10.6 Å². The van der Waals surface area contributed by atoms with Gasteiger partial charge in [-0.1, -0.05) is 31.9 Å². The van der Waals surface area contributed by atoms with Crippen molar-refractivity contribution in [3.05, 3.63) is 40.9 Å². The Balaban J connectivity index is 1.85. The molecular formula is C17H19F3N2O2S. The molecule has 0 saturated carbocycles. The van der Waals surface area contributed by atoms with Crippen LogP contribution < -0.4 is 5.48 Å². The highest BCUT2D eigenvalue weighted by Crippen LogP contribution is 2.31. The van der Waals surface area contributed by atoms with Gasteiger partial charge in [0.1, 0.15) is 11.6 Å². The van der Waals surface area contributed by atoms with E-state index in [0.29, 0.717) is 22.7 Å². The third kappa shape index (κ3) is 6.13. The van der Waals surface area contributed by atoms with Crippen molar-refractivity contribution < 1.29 is 22.8 Å². The number of amides is 1. The third-order valence-corrected chi connectivity index (χ3v) is 4.36. The van der Waals surface area contributed by atoms with Crippen LogP contribution in [-0.4, -0.2) is 10.9 Å². The van der Waals surface area contributed by atoms with Gasteiger partial charge in [0.25, 0.3) is 0 Å². The molecule has 0 radical (unpaired) electrons. The monoisotopic (exact) mass is 372 g/mol. The van der Waals surface area contributed by atoms with Crippen LogP contribution in [0.5, 0.6) is 0 Å². The quantitative estimate of drug-likeness (QED) is 0.526. The molecule has 136 valence electrons. The molecule has 25 heavy (non-hydrogen) atoms. The smallest absolute Gasteiger partial charge is 0.273 e. The third-order valence-electron chi connectivity index (χ3n) is 3.42. The van der Waals surface area contributed by atoms with Gasteiger partial charge < -0.3 is 0 Å². The molecule has 1 N–H and O–H groups in total. The minimum absolute atomic E-state index is 0.108. The van der Waals surface area contributed by atoms with E-state index in [0.717, 1.165) is 31.4 Å². The van der Waals surface area contributed by atoms with Gasteiger partial charge in [-0.05, 0) is 18.6 Å². The summed E-state index contributed by atoms with van der Waals surface area (Å²) in [6.45, 7) is 2.17. The number of hydrogen-bond donors (Lipinski definition) is 1. The average molecular weight is 372 g/mol. The van der Waals surface area contributed by atoms with Crippen LogP contribution >= 0.6 is 11.3 Å². The summed E-state index contributed by atoms with van der Waals surface area (Å²) >= 11 is 1.31. The van der Waals surface area contributed by atoms with Crippen molar-refractivity contribution in [2.24, 2.45) is 0 Å². The fraction of sp³-hybridized carbons (Fsp3) is 0.412. The highest BCUT2D eigenvalue weighted by atomic mass is 32.1. The summed E-state index contributed by atoms with van der Waals surface area (Å²) in [5.74, 6) is -0.174. The number of hydroxylamine groups is 1. The van der Waals surface area contributed by atoms with Crippen LogP contribution in [0.15, 0.2) is 29.6 Å². The van der Waals surface area contributed by atoms with Crippen LogP contribution in [0.3, 0.4) is 0 Å². The zero-order valence-electron chi connectivity index (χ0n) is 13.7. The molecule has 0 fully saturated rings. The van der Waals surface area contributed by atoms with E-state index in [1.165, 1.54) is 23.5 Å². The van der Waals surface area contributed by atoms with Gasteiger partial charge in [0, 0.05) is 17.4 Å². The highest BCUT2D eigenvalue weighted by Gasteiger charge is 2.30. The summed E-state index contributed by atoms with van der Waals surface area (Å²) in [6, 6.07) is 4.84. The van der Waals surface area contributed by atoms with E-state index in [9.17, 15) is 18.0 Å². The number of alkyl halides is 3. The van der Waals surface area contributed by atoms with Gasteiger partial charge in [-0.15, -0.1) is 11.3 Å². The first-order valence-electron chi connectivity index (χ1n) is 7.93. The second-order valence-electron chi connectivity index (χ2n) is 5.49. The average Bonchev–Trinajstić information content (AvgIpc) is 3.03. The number of benzene rings is 1. The number of nitrogens with zero attached hydrogens (tertiary/aromatic N) is 1. The molecule has 0 spiro atoms. The minimum Gasteiger partial charge on any atom is -0.273 e. The number of carbonyl (C=O) groups excluding carboxylic acids is 1. The molecule has 0 aliphatic rings. The van der Waals surface area contributed by atoms with E-state index in [1.54, 1.807) is 5.38 Å². The van der Waals surface area contributed by atoms with Crippen molar-refractivity contribution in [1.29, 1.82) is 0 Å². The summed E-state index contributed by atoms with van der Waals surface area (Å²) in [6.07, 6.45) is -1.08. The fourth-order valence-electron chi connectivity index (χ4n) is 2.08. The Labute approximate surface area is 148 Å². The van der Waals surface area contributed by atoms with Gasteiger partial charge in [0.2, 0.25) is 5.91 Å². The molecule has 1 aromatic carbocycles. The molecule has 0 saturated heterocycles. The molecule has 0 unspecified atom stereocenters. The van der Waals surface area contributed by atoms with E-state index in [4.69, 9.17) is 4.84 Å². The Hall–Kier alpha value is -1.93. The van der Waals surface area contributed by atoms with Crippen LogP contribution in [-0.2, 0) is 22.4 Å². The predicted octanol–water partition coefficient (Wildman–Crippen LogP) is 4.96. The number of unbranched alkanes of at least 4 members (excludes halogenated alkanes) is 2. The molecule has 0 atom stereocenters. The van der Waals surface area contributed by atoms with Gasteiger partial charge in [0.15, 0.2) is 0 Å². The Kier molecular flexibility index (Phi) is 6.95. The molecular weight excluding hydrogens is 353 g/mol. The molecule has 1 amide bonds. The SMILES string of the molecule is CCCCCC(=O)NOCc1csc(-c2ccc(C(F)(F)F)cc2)n1. The fourth-order valence-corrected chi connectivity index (χ4v) is 2.90. The molecule has 1 aromatic heterocycles. The van der Waals surface area contributed by atoms with Crippen molar-refractivity contribution in [1.82, 2.24) is 10.5 Å². The van der Waals surface area contributed by atoms with E-state index >= 15 is 0 Å². The van der Waals surface area contributed by atoms with E-state index in [2.05, 4.69) is 17.4 Å². The standard InChI is InChI=1S/C17H19F3N2O2S/c1-2-3-4-5-15(23)22-24-10-14-11-25-16(21-14)12-6-8-13(9-7-12)17(18,19)20/h6-9,11H,2-5,10H2,1H3,(H,22,23). The molecule has 0 bridgehead atoms. The summed E-state index contributed by atoms with van der Waals surface area (Å²) < 4.78 is 37.7. The zero-order chi connectivity index (χ0) is 18.3. The lowest BCUT2D eigenvalue weighted by Crippen LogP contribution is -2.23. The summed E-state index contributed by atoms with van der Waals surface area (Å²) in [7, 11) is 0. The van der Waals surface area contributed by atoms with Gasteiger partial charge in [0.05, 0.1) is 11.3 Å². The van der Waals surface area contributed by atoms with Gasteiger partial charge >= 0.3 is 6.18 Å². The Morgan fingerprint density at radius 2 is 1.96 bits per heavy atom. The predicted molar refractivity (Wildman–Crippen MR) is 89.6 cm³/mol. The summed E-state index contributed by atoms with van der Waals surface area (Å²) in [4.78, 5) is 20.9. The van der Waals surface area contributed by atoms with Crippen LogP contribution in [0.4, 0.5) is 13.2 Å². The maximum absolute atomic E-state index is 12.6. The number of nitrogens with one attached hydrogen (secondary N) is 1. The van der Waals surface area contributed by atoms with Crippen molar-refractivity contribution in [3.8, 4) is 10.6 Å². The van der Waals surface area contributed by atoms with Crippen molar-refractivity contribution in [2.75, 3.05) is 0 Å². The van der Waals surface area contributed by atoms with Crippen molar-refractivity contribution in [3.63, 3.8) is 0 Å². The molecule has 4 nitrogen and oxygen atoms in total. The first-order chi connectivity index (χ1) is 11.9. The molecule has 2 aromatic rings. The van der Waals surface area contributed by atoms with Crippen molar-refractivity contribution >= 4 is 17.2 Å². The lowest BCUT2D eigenvalue weighted by molar-refractivity contribution is -0.137. The molecule has 8 heteroatoms. The summed E-state index contributed by atoms with van der Waals surface area (Å²) in [5.41, 5.74) is 2.88. The van der Waals surface area contributed by atoms with E-state index in [1.807, 2.05) is 0 Å². The Morgan fingerprint density at radius 3 is 2.60 bits per heavy atom. The minimum atomic E-state index is -4.35. The maximum Gasteiger partial charge on any atom is 0.416 e. The topological polar surface area (TPSA) is 51.2 Å². The van der Waals surface area contributed by atoms with Gasteiger partial charge in [-0.3, -0.25) is 9.63 Å². The van der Waals surface area contributed by atoms with Crippen LogP contribution in [0.2, 0.25) is 0 Å². The number of hydrogen-bond acceptors (Lipinski definition) is 4. The Bertz CT molecular complexity index is 684. The number of halogens is 3. The normalized spacial score (nSPS) is 11.5. The number of rotatable bonds is 8. The molecule has 0 aliphatic carbocycles. The second-order valence-corrected chi connectivity index (χ2v) is 6.35. The number of carbonyl (C=O) groups is 1. The number of thiazole rings is 1. The van der Waals surface area contributed by atoms with Crippen LogP contribution in [0.1, 0.15) is 43.9 Å². The van der Waals surface area contributed by atoms with Crippen LogP contribution in [0, 0.1) is 0 Å². The number of aromatic nitrogens is 1. The van der Waals surface area contributed by atoms with Gasteiger partial charge in [-0.2, -0.15) is 13.2 Å². The molecule has 1 heterocycles. The first-order valence-corrected chi connectivity index (χ1v) is 8.80. The van der Waals surface area contributed by atoms with E-state index < -0.39 is 11.7 Å². The second kappa shape index (κ2) is 8.96. The largest absolute Gasteiger partial charge is 0.416 e. The lowest BCUT2D eigenvalue weighted by Gasteiger charge is -2.06. The Morgan fingerprint density at radius 1 is 1.24 bits per heavy atom. The van der Waals surface area contributed by atoms with Gasteiger partial charge in [-0.25, -0.2) is 10.5 Å². The van der Waals surface area contributed by atoms with E-state index in [-0.39, 0.29) is 12.5 Å².